The van der Waals surface area contributed by atoms with E-state index in [4.69, 9.17) is 4.74 Å². The van der Waals surface area contributed by atoms with Crippen LogP contribution in [0.3, 0.4) is 0 Å². The number of carbonyl (C=O) groups excluding carboxylic acids is 6. The second-order valence-electron chi connectivity index (χ2n) is 17.3. The lowest BCUT2D eigenvalue weighted by Crippen LogP contribution is -2.65. The molecule has 60 heavy (non-hydrogen) atoms. The fraction of sp³-hybridized carbons (Fsp3) is 0.578. The van der Waals surface area contributed by atoms with E-state index in [1.54, 1.807) is 14.0 Å². The maximum Gasteiger partial charge on any atom is 0.410 e. The van der Waals surface area contributed by atoms with E-state index in [0.29, 0.717) is 57.9 Å². The molecule has 4 aliphatic rings. The summed E-state index contributed by atoms with van der Waals surface area (Å²) in [5, 5.41) is 12.7. The predicted octanol–water partition coefficient (Wildman–Crippen LogP) is 4.08. The van der Waals surface area contributed by atoms with Gasteiger partial charge < -0.3 is 34.8 Å². The van der Waals surface area contributed by atoms with Gasteiger partial charge in [0.1, 0.15) is 36.3 Å². The van der Waals surface area contributed by atoms with Crippen LogP contribution in [0.15, 0.2) is 48.5 Å². The molecule has 6 amide bonds. The highest BCUT2D eigenvalue weighted by Gasteiger charge is 2.50. The topological polar surface area (TPSA) is 177 Å². The summed E-state index contributed by atoms with van der Waals surface area (Å²) in [6.45, 7) is 2.00. The summed E-state index contributed by atoms with van der Waals surface area (Å²) >= 11 is 0. The summed E-state index contributed by atoms with van der Waals surface area (Å²) in [6.07, 6.45) is 4.75. The first-order chi connectivity index (χ1) is 28.6. The van der Waals surface area contributed by atoms with E-state index in [1.165, 1.54) is 47.8 Å². The largest absolute Gasteiger partial charge is 0.481 e. The number of carboxylic acid groups (broad SMARTS) is 1. The van der Waals surface area contributed by atoms with Crippen LogP contribution in [0.25, 0.3) is 11.1 Å². The van der Waals surface area contributed by atoms with Crippen LogP contribution >= 0.6 is 0 Å². The molecule has 15 nitrogen and oxygen atoms in total. The van der Waals surface area contributed by atoms with Crippen molar-refractivity contribution in [2.45, 2.75) is 113 Å². The van der Waals surface area contributed by atoms with Gasteiger partial charge in [0, 0.05) is 47.7 Å². The Kier molecular flexibility index (Phi) is 13.5. The van der Waals surface area contributed by atoms with Crippen LogP contribution < -0.4 is 5.32 Å². The summed E-state index contributed by atoms with van der Waals surface area (Å²) in [6, 6.07) is 12.0. The molecule has 15 heteroatoms. The number of nitrogens with one attached hydrogen (secondary N) is 1. The molecule has 1 aliphatic heterocycles. The van der Waals surface area contributed by atoms with Crippen molar-refractivity contribution >= 4 is 41.6 Å². The highest BCUT2D eigenvalue weighted by molar-refractivity contribution is 5.99. The molecule has 3 aliphatic carbocycles. The number of benzene rings is 2. The number of likely N-dealkylation sites (N-methyl/N-ethyl adjacent to an activating group) is 4. The number of ether oxygens (including phenoxy) is 1. The lowest BCUT2D eigenvalue weighted by Gasteiger charge is -2.41. The first-order valence-corrected chi connectivity index (χ1v) is 21.2. The fourth-order valence-electron chi connectivity index (χ4n) is 9.89. The number of rotatable bonds is 14. The minimum atomic E-state index is -1.33. The molecular weight excluding hydrogens is 769 g/mol. The molecule has 2 aromatic rings. The lowest BCUT2D eigenvalue weighted by molar-refractivity contribution is -0.156. The van der Waals surface area contributed by atoms with Crippen LogP contribution in [-0.4, -0.2) is 149 Å². The minimum Gasteiger partial charge on any atom is -0.481 e. The molecule has 1 saturated heterocycles. The summed E-state index contributed by atoms with van der Waals surface area (Å²) in [7, 11) is 7.45. The van der Waals surface area contributed by atoms with E-state index < -0.39 is 77.7 Å². The highest BCUT2D eigenvalue weighted by atomic mass is 16.6. The molecular formula is C45H60N6O9. The molecule has 2 aromatic carbocycles. The van der Waals surface area contributed by atoms with Crippen molar-refractivity contribution in [3.8, 4) is 11.1 Å². The van der Waals surface area contributed by atoms with Gasteiger partial charge in [0.2, 0.25) is 29.5 Å². The third-order valence-electron chi connectivity index (χ3n) is 13.4. The Morgan fingerprint density at radius 1 is 0.783 bits per heavy atom. The Bertz CT molecular complexity index is 1930. The first-order valence-electron chi connectivity index (χ1n) is 21.2. The molecule has 3 fully saturated rings. The van der Waals surface area contributed by atoms with Crippen LogP contribution in [0.2, 0.25) is 0 Å². The summed E-state index contributed by atoms with van der Waals surface area (Å²) < 4.78 is 5.82. The van der Waals surface area contributed by atoms with Crippen molar-refractivity contribution in [1.82, 2.24) is 29.8 Å². The number of fused-ring (bicyclic) bond motifs is 3. The lowest BCUT2D eigenvalue weighted by atomic mass is 9.90. The van der Waals surface area contributed by atoms with Crippen LogP contribution in [0, 0.1) is 5.92 Å². The van der Waals surface area contributed by atoms with Gasteiger partial charge in [-0.1, -0.05) is 74.2 Å². The van der Waals surface area contributed by atoms with E-state index in [1.807, 2.05) is 36.4 Å². The number of likely N-dealkylation sites (tertiary alicyclic amines) is 1. The summed E-state index contributed by atoms with van der Waals surface area (Å²) in [5.41, 5.74) is 3.02. The van der Waals surface area contributed by atoms with Gasteiger partial charge in [-0.05, 0) is 73.6 Å². The van der Waals surface area contributed by atoms with Crippen molar-refractivity contribution in [3.63, 3.8) is 0 Å². The number of carbonyl (C=O) groups is 7. The van der Waals surface area contributed by atoms with E-state index in [9.17, 15) is 38.7 Å². The predicted molar refractivity (Wildman–Crippen MR) is 222 cm³/mol. The third-order valence-corrected chi connectivity index (χ3v) is 13.4. The average molecular weight is 829 g/mol. The molecule has 0 radical (unpaired) electrons. The molecule has 0 aromatic heterocycles. The van der Waals surface area contributed by atoms with Crippen LogP contribution in [0.4, 0.5) is 4.79 Å². The minimum absolute atomic E-state index is 0.0953. The van der Waals surface area contributed by atoms with Crippen molar-refractivity contribution in [3.05, 3.63) is 59.7 Å². The van der Waals surface area contributed by atoms with Gasteiger partial charge in [0.05, 0.1) is 6.42 Å². The zero-order valence-corrected chi connectivity index (χ0v) is 35.7. The SMILES string of the molecule is C[C@@H](C(=O)N1CCC[C@H]1C(=O)NC1(C(=O)N(C)[C@H](C(=O)N(C)[C@@H](CC(=O)O)C(=O)N(C)C)C2CCCC2)CCCC1)N(C)C(=O)OCC1c2ccccc2-c2ccccc21. The first kappa shape index (κ1) is 44.1. The van der Waals surface area contributed by atoms with Gasteiger partial charge in [-0.25, -0.2) is 4.79 Å². The zero-order chi connectivity index (χ0) is 43.5. The molecule has 2 N–H and O–H groups in total. The molecule has 1 heterocycles. The van der Waals surface area contributed by atoms with Gasteiger partial charge in [0.15, 0.2) is 0 Å². The third kappa shape index (κ3) is 8.71. The van der Waals surface area contributed by atoms with Gasteiger partial charge in [-0.15, -0.1) is 0 Å². The molecule has 4 atom stereocenters. The van der Waals surface area contributed by atoms with Crippen molar-refractivity contribution < 1.29 is 43.4 Å². The molecule has 0 unspecified atom stereocenters. The van der Waals surface area contributed by atoms with E-state index in [0.717, 1.165) is 40.0 Å². The monoisotopic (exact) mass is 828 g/mol. The average Bonchev–Trinajstić information content (AvgIpc) is 4.08. The van der Waals surface area contributed by atoms with E-state index >= 15 is 0 Å². The highest BCUT2D eigenvalue weighted by Crippen LogP contribution is 2.44. The number of amides is 6. The standard InChI is InChI=1S/C45H60N6O9/c1-28(48(4)44(59)60-27-34-32-20-11-9-18-30(32)31-19-10-12-21-33(31)34)40(55)51-25-15-22-35(51)39(54)46-45(23-13-14-24-45)43(58)50(6)38(29-16-7-8-17-29)42(57)49(5)36(26-37(52)53)41(56)47(2)3/h9-12,18-21,28-29,34-36,38H,7-8,13-17,22-27H2,1-6H3,(H,46,54)(H,52,53)/t28-,35-,36-,38-/m0/s1. The number of nitrogens with zero attached hydrogens (tertiary/aromatic N) is 5. The van der Waals surface area contributed by atoms with Crippen LogP contribution in [0.5, 0.6) is 0 Å². The number of hydrogen-bond acceptors (Lipinski definition) is 8. The molecule has 324 valence electrons. The maximum atomic E-state index is 14.7. The van der Waals surface area contributed by atoms with Gasteiger partial charge in [-0.2, -0.15) is 0 Å². The Balaban J connectivity index is 1.13. The quantitative estimate of drug-likeness (QED) is 0.284. The molecule has 2 saturated carbocycles. The fourth-order valence-corrected chi connectivity index (χ4v) is 9.89. The normalized spacial score (nSPS) is 19.7. The molecule has 6 rings (SSSR count). The van der Waals surface area contributed by atoms with E-state index in [-0.39, 0.29) is 18.4 Å². The van der Waals surface area contributed by atoms with Crippen molar-refractivity contribution in [2.24, 2.45) is 5.92 Å². The Morgan fingerprint density at radius 3 is 1.93 bits per heavy atom. The molecule has 0 bridgehead atoms. The smallest absolute Gasteiger partial charge is 0.410 e. The second-order valence-corrected chi connectivity index (χ2v) is 17.3. The van der Waals surface area contributed by atoms with Gasteiger partial charge in [-0.3, -0.25) is 33.7 Å². The van der Waals surface area contributed by atoms with Gasteiger partial charge >= 0.3 is 12.1 Å². The number of aliphatic carboxylic acids is 1. The Morgan fingerprint density at radius 2 is 1.37 bits per heavy atom. The summed E-state index contributed by atoms with van der Waals surface area (Å²) in [5.74, 6) is -3.99. The molecule has 0 spiro atoms. The second kappa shape index (κ2) is 18.4. The summed E-state index contributed by atoms with van der Waals surface area (Å²) in [4.78, 5) is 102. The van der Waals surface area contributed by atoms with Crippen LogP contribution in [-0.2, 0) is 33.5 Å². The number of carboxylic acids is 1. The van der Waals surface area contributed by atoms with Gasteiger partial charge in [0.25, 0.3) is 0 Å². The Hall–Kier alpha value is -5.47. The Labute approximate surface area is 352 Å². The van der Waals surface area contributed by atoms with Crippen LogP contribution in [0.1, 0.15) is 94.6 Å². The maximum absolute atomic E-state index is 14.7. The van der Waals surface area contributed by atoms with Crippen molar-refractivity contribution in [2.75, 3.05) is 48.4 Å². The number of hydrogen-bond donors (Lipinski definition) is 2. The zero-order valence-electron chi connectivity index (χ0n) is 35.7. The van der Waals surface area contributed by atoms with E-state index in [2.05, 4.69) is 17.4 Å². The van der Waals surface area contributed by atoms with Crippen molar-refractivity contribution in [1.29, 1.82) is 0 Å².